The third-order valence-corrected chi connectivity index (χ3v) is 4.37. The van der Waals surface area contributed by atoms with Crippen molar-refractivity contribution in [3.8, 4) is 17.1 Å². The van der Waals surface area contributed by atoms with Gasteiger partial charge in [-0.1, -0.05) is 66.7 Å². The summed E-state index contributed by atoms with van der Waals surface area (Å²) in [6.07, 6.45) is 0. The summed E-state index contributed by atoms with van der Waals surface area (Å²) in [4.78, 5) is 12.7. The van der Waals surface area contributed by atoms with E-state index in [1.165, 1.54) is 6.07 Å². The molecule has 0 saturated carbocycles. The first-order chi connectivity index (χ1) is 13.8. The molecule has 0 spiro atoms. The van der Waals surface area contributed by atoms with E-state index in [-0.39, 0.29) is 5.43 Å². The molecule has 0 atom stereocenters. The van der Waals surface area contributed by atoms with E-state index >= 15 is 0 Å². The molecule has 0 aliphatic heterocycles. The van der Waals surface area contributed by atoms with E-state index < -0.39 is 0 Å². The van der Waals surface area contributed by atoms with Crippen LogP contribution in [-0.4, -0.2) is 13.2 Å². The molecule has 0 saturated heterocycles. The minimum absolute atomic E-state index is 0.124. The molecule has 0 aliphatic rings. The van der Waals surface area contributed by atoms with E-state index in [4.69, 9.17) is 13.9 Å². The van der Waals surface area contributed by atoms with Crippen molar-refractivity contribution in [1.82, 2.24) is 0 Å². The molecule has 3 aromatic carbocycles. The molecule has 0 bridgehead atoms. The third kappa shape index (κ3) is 4.13. The largest absolute Gasteiger partial charge is 0.490 e. The van der Waals surface area contributed by atoms with E-state index in [9.17, 15) is 4.79 Å². The summed E-state index contributed by atoms with van der Waals surface area (Å²) in [6, 6.07) is 26.4. The summed E-state index contributed by atoms with van der Waals surface area (Å²) >= 11 is 0. The van der Waals surface area contributed by atoms with Gasteiger partial charge in [0.15, 0.2) is 5.43 Å². The predicted molar refractivity (Wildman–Crippen MR) is 110 cm³/mol. The summed E-state index contributed by atoms with van der Waals surface area (Å²) in [5, 5.41) is 0.449. The number of rotatable bonds is 7. The molecule has 28 heavy (non-hydrogen) atoms. The SMILES string of the molecule is O=c1cc(-c2ccccc2)oc2cccc(OCCOCc3ccccc3)c12. The molecule has 0 fully saturated rings. The quantitative estimate of drug-likeness (QED) is 0.426. The van der Waals surface area contributed by atoms with Gasteiger partial charge in [0.25, 0.3) is 0 Å². The predicted octanol–water partition coefficient (Wildman–Crippen LogP) is 5.06. The Kier molecular flexibility index (Phi) is 5.50. The fourth-order valence-corrected chi connectivity index (χ4v) is 3.02. The lowest BCUT2D eigenvalue weighted by Crippen LogP contribution is -2.09. The van der Waals surface area contributed by atoms with Crippen LogP contribution in [0.3, 0.4) is 0 Å². The first-order valence-corrected chi connectivity index (χ1v) is 9.18. The number of benzene rings is 3. The molecule has 4 rings (SSSR count). The maximum absolute atomic E-state index is 12.7. The Labute approximate surface area is 163 Å². The van der Waals surface area contributed by atoms with Gasteiger partial charge in [-0.25, -0.2) is 0 Å². The summed E-state index contributed by atoms with van der Waals surface area (Å²) in [5.74, 6) is 1.05. The van der Waals surface area contributed by atoms with Crippen LogP contribution in [0.5, 0.6) is 5.75 Å². The van der Waals surface area contributed by atoms with Crippen molar-refractivity contribution in [3.05, 3.63) is 101 Å². The van der Waals surface area contributed by atoms with Crippen LogP contribution in [0.2, 0.25) is 0 Å². The van der Waals surface area contributed by atoms with Crippen LogP contribution < -0.4 is 10.2 Å². The first-order valence-electron chi connectivity index (χ1n) is 9.18. The van der Waals surface area contributed by atoms with E-state index in [0.717, 1.165) is 11.1 Å². The van der Waals surface area contributed by atoms with Crippen LogP contribution in [0.4, 0.5) is 0 Å². The summed E-state index contributed by atoms with van der Waals surface area (Å²) < 4.78 is 17.4. The van der Waals surface area contributed by atoms with Crippen LogP contribution in [0, 0.1) is 0 Å². The zero-order valence-corrected chi connectivity index (χ0v) is 15.3. The minimum atomic E-state index is -0.124. The Hall–Kier alpha value is -3.37. The van der Waals surface area contributed by atoms with Gasteiger partial charge in [0.1, 0.15) is 29.1 Å². The number of hydrogen-bond acceptors (Lipinski definition) is 4. The zero-order valence-electron chi connectivity index (χ0n) is 15.3. The Morgan fingerprint density at radius 1 is 0.786 bits per heavy atom. The molecule has 4 heteroatoms. The van der Waals surface area contributed by atoms with Gasteiger partial charge < -0.3 is 13.9 Å². The lowest BCUT2D eigenvalue weighted by atomic mass is 10.1. The van der Waals surface area contributed by atoms with Gasteiger partial charge in [-0.3, -0.25) is 4.79 Å². The monoisotopic (exact) mass is 372 g/mol. The molecule has 1 aromatic heterocycles. The highest BCUT2D eigenvalue weighted by atomic mass is 16.5. The molecule has 0 N–H and O–H groups in total. The fraction of sp³-hybridized carbons (Fsp3) is 0.125. The molecule has 4 nitrogen and oxygen atoms in total. The number of fused-ring (bicyclic) bond motifs is 1. The third-order valence-electron chi connectivity index (χ3n) is 4.37. The van der Waals surface area contributed by atoms with Crippen molar-refractivity contribution >= 4 is 11.0 Å². The van der Waals surface area contributed by atoms with Crippen molar-refractivity contribution in [2.75, 3.05) is 13.2 Å². The lowest BCUT2D eigenvalue weighted by molar-refractivity contribution is 0.0893. The molecule has 140 valence electrons. The molecular formula is C24H20O4. The lowest BCUT2D eigenvalue weighted by Gasteiger charge is -2.10. The Bertz CT molecular complexity index is 1100. The first kappa shape index (κ1) is 18.0. The van der Waals surface area contributed by atoms with Crippen LogP contribution in [0.15, 0.2) is 94.1 Å². The summed E-state index contributed by atoms with van der Waals surface area (Å²) in [7, 11) is 0. The Balaban J connectivity index is 1.46. The van der Waals surface area contributed by atoms with Crippen LogP contribution in [0.25, 0.3) is 22.3 Å². The van der Waals surface area contributed by atoms with E-state index in [0.29, 0.717) is 42.3 Å². The number of hydrogen-bond donors (Lipinski definition) is 0. The van der Waals surface area contributed by atoms with E-state index in [2.05, 4.69) is 0 Å². The summed E-state index contributed by atoms with van der Waals surface area (Å²) in [6.45, 7) is 1.31. The maximum atomic E-state index is 12.7. The molecule has 0 radical (unpaired) electrons. The molecule has 4 aromatic rings. The maximum Gasteiger partial charge on any atom is 0.197 e. The van der Waals surface area contributed by atoms with E-state index in [1.54, 1.807) is 12.1 Å². The molecule has 0 unspecified atom stereocenters. The van der Waals surface area contributed by atoms with Crippen LogP contribution >= 0.6 is 0 Å². The van der Waals surface area contributed by atoms with Crippen LogP contribution in [-0.2, 0) is 11.3 Å². The molecule has 1 heterocycles. The van der Waals surface area contributed by atoms with Gasteiger partial charge in [-0.15, -0.1) is 0 Å². The standard InChI is InChI=1S/C24H20O4/c25-20-16-23(19-10-5-2-6-11-19)28-22-13-7-12-21(24(20)22)27-15-14-26-17-18-8-3-1-4-9-18/h1-13,16H,14-15,17H2. The highest BCUT2D eigenvalue weighted by molar-refractivity contribution is 5.84. The second-order valence-electron chi connectivity index (χ2n) is 6.36. The zero-order chi connectivity index (χ0) is 19.2. The van der Waals surface area contributed by atoms with Gasteiger partial charge in [-0.2, -0.15) is 0 Å². The average molecular weight is 372 g/mol. The molecular weight excluding hydrogens is 352 g/mol. The summed E-state index contributed by atoms with van der Waals surface area (Å²) in [5.41, 5.74) is 2.36. The highest BCUT2D eigenvalue weighted by Gasteiger charge is 2.11. The average Bonchev–Trinajstić information content (AvgIpc) is 2.74. The van der Waals surface area contributed by atoms with Crippen molar-refractivity contribution in [3.63, 3.8) is 0 Å². The highest BCUT2D eigenvalue weighted by Crippen LogP contribution is 2.27. The Morgan fingerprint density at radius 3 is 2.32 bits per heavy atom. The van der Waals surface area contributed by atoms with Crippen molar-refractivity contribution in [1.29, 1.82) is 0 Å². The topological polar surface area (TPSA) is 48.7 Å². The van der Waals surface area contributed by atoms with Gasteiger partial charge in [0, 0.05) is 11.6 Å². The number of ether oxygens (including phenoxy) is 2. The van der Waals surface area contributed by atoms with Gasteiger partial charge in [-0.05, 0) is 17.7 Å². The second kappa shape index (κ2) is 8.55. The van der Waals surface area contributed by atoms with Gasteiger partial charge in [0.2, 0.25) is 0 Å². The van der Waals surface area contributed by atoms with Crippen molar-refractivity contribution in [2.24, 2.45) is 0 Å². The van der Waals surface area contributed by atoms with Gasteiger partial charge in [0.05, 0.1) is 13.2 Å². The molecule has 0 aliphatic carbocycles. The Morgan fingerprint density at radius 2 is 1.54 bits per heavy atom. The van der Waals surface area contributed by atoms with Crippen LogP contribution in [0.1, 0.15) is 5.56 Å². The normalized spacial score (nSPS) is 10.9. The second-order valence-corrected chi connectivity index (χ2v) is 6.36. The smallest absolute Gasteiger partial charge is 0.197 e. The van der Waals surface area contributed by atoms with E-state index in [1.807, 2.05) is 66.7 Å². The minimum Gasteiger partial charge on any atom is -0.490 e. The van der Waals surface area contributed by atoms with Gasteiger partial charge >= 0.3 is 0 Å². The molecule has 0 amide bonds. The van der Waals surface area contributed by atoms with Crippen molar-refractivity contribution in [2.45, 2.75) is 6.61 Å². The fourth-order valence-electron chi connectivity index (χ4n) is 3.02. The van der Waals surface area contributed by atoms with Crippen molar-refractivity contribution < 1.29 is 13.9 Å².